The molecule has 0 saturated carbocycles. The molecule has 1 aliphatic carbocycles. The second kappa shape index (κ2) is 6.60. The largest absolute Gasteiger partial charge is 0.347 e. The van der Waals surface area contributed by atoms with Crippen molar-refractivity contribution in [1.29, 1.82) is 0 Å². The molecule has 7 nitrogen and oxygen atoms in total. The van der Waals surface area contributed by atoms with Gasteiger partial charge in [-0.2, -0.15) is 5.10 Å². The number of nitrogens with one attached hydrogen (secondary N) is 2. The highest BCUT2D eigenvalue weighted by Gasteiger charge is 2.20. The van der Waals surface area contributed by atoms with E-state index >= 15 is 0 Å². The summed E-state index contributed by atoms with van der Waals surface area (Å²) in [5.41, 5.74) is 4.87. The number of amides is 1. The summed E-state index contributed by atoms with van der Waals surface area (Å²) in [5.74, 6) is -0.132. The third-order valence-corrected chi connectivity index (χ3v) is 5.31. The van der Waals surface area contributed by atoms with Crippen molar-refractivity contribution < 1.29 is 4.79 Å². The van der Waals surface area contributed by atoms with Crippen LogP contribution in [0.2, 0.25) is 0 Å². The Morgan fingerprint density at radius 3 is 2.93 bits per heavy atom. The van der Waals surface area contributed by atoms with Crippen LogP contribution in [-0.4, -0.2) is 25.5 Å². The number of pyridine rings is 2. The maximum atomic E-state index is 12.9. The monoisotopic (exact) mass is 373 g/mol. The van der Waals surface area contributed by atoms with Gasteiger partial charge in [0.2, 0.25) is 5.91 Å². The summed E-state index contributed by atoms with van der Waals surface area (Å²) in [5, 5.41) is 10.5. The predicted molar refractivity (Wildman–Crippen MR) is 107 cm³/mol. The number of anilines is 1. The van der Waals surface area contributed by atoms with Crippen molar-refractivity contribution in [3.63, 3.8) is 0 Å². The molecule has 28 heavy (non-hydrogen) atoms. The number of hydrogen-bond acceptors (Lipinski definition) is 4. The molecule has 1 aromatic carbocycles. The number of benzene rings is 1. The first-order valence-corrected chi connectivity index (χ1v) is 9.45. The Balaban J connectivity index is 1.53. The standard InChI is InChI=1S/C21H19N5O2/c27-18(12-13-6-5-11-26-20(13)24-25-21(26)28)23-19-14-7-1-3-9-16(14)22-17-10-4-2-8-15(17)19/h1,3,5-7,9,11H,2,4,8,10,12H2,(H,25,28)(H,22,23,27). The third-order valence-electron chi connectivity index (χ3n) is 5.31. The Bertz CT molecular complexity index is 1270. The van der Waals surface area contributed by atoms with Gasteiger partial charge in [0.05, 0.1) is 17.6 Å². The van der Waals surface area contributed by atoms with Gasteiger partial charge in [0.15, 0.2) is 5.65 Å². The van der Waals surface area contributed by atoms with Crippen molar-refractivity contribution in [2.24, 2.45) is 0 Å². The van der Waals surface area contributed by atoms with Gasteiger partial charge in [-0.3, -0.25) is 14.2 Å². The van der Waals surface area contributed by atoms with Crippen molar-refractivity contribution >= 4 is 28.1 Å². The van der Waals surface area contributed by atoms with E-state index < -0.39 is 0 Å². The number of hydrogen-bond donors (Lipinski definition) is 2. The molecule has 0 bridgehead atoms. The van der Waals surface area contributed by atoms with Crippen LogP contribution in [0.15, 0.2) is 47.4 Å². The van der Waals surface area contributed by atoms with E-state index in [0.29, 0.717) is 11.2 Å². The Morgan fingerprint density at radius 1 is 1.14 bits per heavy atom. The van der Waals surface area contributed by atoms with E-state index in [0.717, 1.165) is 53.5 Å². The van der Waals surface area contributed by atoms with Crippen LogP contribution < -0.4 is 11.0 Å². The highest BCUT2D eigenvalue weighted by atomic mass is 16.2. The lowest BCUT2D eigenvalue weighted by Crippen LogP contribution is -2.19. The molecule has 0 fully saturated rings. The van der Waals surface area contributed by atoms with E-state index in [4.69, 9.17) is 4.98 Å². The summed E-state index contributed by atoms with van der Waals surface area (Å²) in [6, 6.07) is 11.5. The van der Waals surface area contributed by atoms with Crippen molar-refractivity contribution in [1.82, 2.24) is 19.6 Å². The molecule has 1 aliphatic rings. The fraction of sp³-hybridized carbons (Fsp3) is 0.238. The zero-order valence-corrected chi connectivity index (χ0v) is 15.2. The Kier molecular flexibility index (Phi) is 3.93. The molecule has 0 atom stereocenters. The highest BCUT2D eigenvalue weighted by Crippen LogP contribution is 2.33. The molecule has 5 rings (SSSR count). The molecule has 7 heteroatoms. The molecule has 2 N–H and O–H groups in total. The van der Waals surface area contributed by atoms with Gasteiger partial charge in [0.25, 0.3) is 0 Å². The second-order valence-electron chi connectivity index (χ2n) is 7.12. The SMILES string of the molecule is O=C(Cc1cccn2c(=O)[nH]nc12)Nc1c2c(nc3ccccc13)CCCC2. The zero-order valence-electron chi connectivity index (χ0n) is 15.2. The maximum absolute atomic E-state index is 12.9. The van der Waals surface area contributed by atoms with Crippen LogP contribution in [0.5, 0.6) is 0 Å². The molecule has 0 saturated heterocycles. The normalized spacial score (nSPS) is 13.6. The van der Waals surface area contributed by atoms with Crippen LogP contribution >= 0.6 is 0 Å². The van der Waals surface area contributed by atoms with E-state index in [9.17, 15) is 9.59 Å². The minimum absolute atomic E-state index is 0.132. The van der Waals surface area contributed by atoms with Gasteiger partial charge in [-0.05, 0) is 43.4 Å². The topological polar surface area (TPSA) is 92.1 Å². The van der Waals surface area contributed by atoms with Crippen LogP contribution in [0.1, 0.15) is 29.7 Å². The van der Waals surface area contributed by atoms with Crippen molar-refractivity contribution in [2.45, 2.75) is 32.1 Å². The minimum atomic E-state index is -0.313. The fourth-order valence-electron chi connectivity index (χ4n) is 4.00. The zero-order chi connectivity index (χ0) is 19.1. The Hall–Kier alpha value is -3.48. The van der Waals surface area contributed by atoms with Crippen LogP contribution in [0.3, 0.4) is 0 Å². The lowest BCUT2D eigenvalue weighted by atomic mass is 9.92. The first-order valence-electron chi connectivity index (χ1n) is 9.45. The molecule has 0 radical (unpaired) electrons. The van der Waals surface area contributed by atoms with Gasteiger partial charge in [-0.25, -0.2) is 9.89 Å². The number of aryl methyl sites for hydroxylation is 1. The molecule has 3 heterocycles. The molecular weight excluding hydrogens is 354 g/mol. The molecule has 0 unspecified atom stereocenters. The Labute approximate surface area is 160 Å². The number of fused-ring (bicyclic) bond motifs is 3. The molecule has 4 aromatic rings. The summed E-state index contributed by atoms with van der Waals surface area (Å²) >= 11 is 0. The number of carbonyl (C=O) groups is 1. The molecule has 1 amide bonds. The number of aromatic nitrogens is 4. The highest BCUT2D eigenvalue weighted by molar-refractivity contribution is 6.03. The van der Waals surface area contributed by atoms with E-state index in [1.54, 1.807) is 12.3 Å². The molecule has 0 spiro atoms. The number of carbonyl (C=O) groups excluding carboxylic acids is 1. The lowest BCUT2D eigenvalue weighted by Gasteiger charge is -2.21. The lowest BCUT2D eigenvalue weighted by molar-refractivity contribution is -0.115. The molecule has 140 valence electrons. The maximum Gasteiger partial charge on any atom is 0.347 e. The van der Waals surface area contributed by atoms with Gasteiger partial charge in [0.1, 0.15) is 0 Å². The summed E-state index contributed by atoms with van der Waals surface area (Å²) in [6.45, 7) is 0. The van der Waals surface area contributed by atoms with Gasteiger partial charge >= 0.3 is 5.69 Å². The number of para-hydroxylation sites is 1. The number of H-pyrrole nitrogens is 1. The Morgan fingerprint density at radius 2 is 2.00 bits per heavy atom. The van der Waals surface area contributed by atoms with Crippen molar-refractivity contribution in [3.05, 3.63) is 69.9 Å². The van der Waals surface area contributed by atoms with Gasteiger partial charge in [-0.1, -0.05) is 24.3 Å². The minimum Gasteiger partial charge on any atom is -0.325 e. The van der Waals surface area contributed by atoms with Gasteiger partial charge < -0.3 is 5.32 Å². The van der Waals surface area contributed by atoms with E-state index in [-0.39, 0.29) is 18.0 Å². The summed E-state index contributed by atoms with van der Waals surface area (Å²) in [7, 11) is 0. The number of aromatic amines is 1. The summed E-state index contributed by atoms with van der Waals surface area (Å²) in [4.78, 5) is 29.5. The fourth-order valence-corrected chi connectivity index (χ4v) is 4.00. The number of nitrogens with zero attached hydrogens (tertiary/aromatic N) is 3. The van der Waals surface area contributed by atoms with Crippen molar-refractivity contribution in [2.75, 3.05) is 5.32 Å². The number of rotatable bonds is 3. The van der Waals surface area contributed by atoms with Gasteiger partial charge in [-0.15, -0.1) is 0 Å². The van der Waals surface area contributed by atoms with Crippen LogP contribution in [0.25, 0.3) is 16.6 Å². The van der Waals surface area contributed by atoms with Crippen molar-refractivity contribution in [3.8, 4) is 0 Å². The molecule has 3 aromatic heterocycles. The van der Waals surface area contributed by atoms with E-state index in [2.05, 4.69) is 15.5 Å². The average molecular weight is 373 g/mol. The van der Waals surface area contributed by atoms with Crippen LogP contribution in [-0.2, 0) is 24.1 Å². The predicted octanol–water partition coefficient (Wildman–Crippen LogP) is 2.63. The first kappa shape index (κ1) is 16.7. The summed E-state index contributed by atoms with van der Waals surface area (Å²) < 4.78 is 1.41. The first-order chi connectivity index (χ1) is 13.7. The van der Waals surface area contributed by atoms with E-state index in [1.807, 2.05) is 30.3 Å². The molecule has 0 aliphatic heterocycles. The third kappa shape index (κ3) is 2.76. The second-order valence-corrected chi connectivity index (χ2v) is 7.12. The summed E-state index contributed by atoms with van der Waals surface area (Å²) in [6.07, 6.45) is 5.87. The average Bonchev–Trinajstić information content (AvgIpc) is 3.10. The quantitative estimate of drug-likeness (QED) is 0.577. The van der Waals surface area contributed by atoms with Crippen LogP contribution in [0.4, 0.5) is 5.69 Å². The van der Waals surface area contributed by atoms with Gasteiger partial charge in [0, 0.05) is 22.8 Å². The smallest absolute Gasteiger partial charge is 0.325 e. The molecular formula is C21H19N5O2. The van der Waals surface area contributed by atoms with E-state index in [1.165, 1.54) is 4.40 Å². The van der Waals surface area contributed by atoms with Crippen LogP contribution in [0, 0.1) is 0 Å².